The van der Waals surface area contributed by atoms with E-state index in [1.807, 2.05) is 53.9 Å². The molecule has 1 N–H and O–H groups in total. The van der Waals surface area contributed by atoms with Crippen molar-refractivity contribution < 1.29 is 13.6 Å². The standard InChI is InChI=1S/C24H20F2N6OS/c25-24(26)13-31(14-24)10-15-12-34-23-30-21(11-32(15)23)16-5-1-2-6-17(16)29-22(33)20-9-27-18-7-3-4-8-19(18)28-20/h1-9,12,21H,10-11,13-14H2,(H,29,33). The molecule has 1 fully saturated rings. The van der Waals surface area contributed by atoms with E-state index in [4.69, 9.17) is 4.99 Å². The van der Waals surface area contributed by atoms with E-state index >= 15 is 0 Å². The Kier molecular flexibility index (Phi) is 5.07. The molecule has 4 heterocycles. The van der Waals surface area contributed by atoms with Crippen molar-refractivity contribution in [3.8, 4) is 0 Å². The first-order valence-electron chi connectivity index (χ1n) is 10.9. The number of halogens is 2. The number of aromatic nitrogens is 2. The largest absolute Gasteiger partial charge is 0.320 e. The summed E-state index contributed by atoms with van der Waals surface area (Å²) in [6.45, 7) is 0.672. The number of carbonyl (C=O) groups excluding carboxylic acids is 1. The summed E-state index contributed by atoms with van der Waals surface area (Å²) in [6, 6.07) is 14.8. The average Bonchev–Trinajstić information content (AvgIpc) is 3.40. The molecule has 3 aliphatic heterocycles. The van der Waals surface area contributed by atoms with E-state index in [0.29, 0.717) is 24.3 Å². The minimum Gasteiger partial charge on any atom is -0.320 e. The van der Waals surface area contributed by atoms with Gasteiger partial charge in [0, 0.05) is 23.5 Å². The Bertz CT molecular complexity index is 1350. The second-order valence-electron chi connectivity index (χ2n) is 8.55. The van der Waals surface area contributed by atoms with Crippen LogP contribution in [0.5, 0.6) is 0 Å². The van der Waals surface area contributed by atoms with Crippen LogP contribution in [0.1, 0.15) is 22.1 Å². The fraction of sp³-hybridized carbons (Fsp3) is 0.250. The third kappa shape index (κ3) is 3.92. The van der Waals surface area contributed by atoms with Crippen LogP contribution >= 0.6 is 11.8 Å². The van der Waals surface area contributed by atoms with Crippen LogP contribution in [0.25, 0.3) is 11.0 Å². The molecule has 1 atom stereocenters. The third-order valence-electron chi connectivity index (χ3n) is 6.04. The number of amides is 1. The van der Waals surface area contributed by atoms with Gasteiger partial charge in [0.2, 0.25) is 0 Å². The summed E-state index contributed by atoms with van der Waals surface area (Å²) in [6.07, 6.45) is 1.47. The van der Waals surface area contributed by atoms with Crippen LogP contribution in [0.15, 0.2) is 70.8 Å². The van der Waals surface area contributed by atoms with Crippen LogP contribution in [-0.4, -0.2) is 62.9 Å². The number of rotatable bonds is 5. The van der Waals surface area contributed by atoms with Gasteiger partial charge in [0.1, 0.15) is 5.69 Å². The summed E-state index contributed by atoms with van der Waals surface area (Å²) in [5.41, 5.74) is 4.15. The highest BCUT2D eigenvalue weighted by atomic mass is 32.2. The Morgan fingerprint density at radius 1 is 1.12 bits per heavy atom. The SMILES string of the molecule is O=C(Nc1ccccc1C1CN2C(CN3CC(F)(F)C3)=CSC2=N1)c1cnc2ccccc2n1. The smallest absolute Gasteiger partial charge is 0.275 e. The monoisotopic (exact) mass is 478 g/mol. The van der Waals surface area contributed by atoms with Crippen molar-refractivity contribution in [2.75, 3.05) is 31.5 Å². The maximum Gasteiger partial charge on any atom is 0.275 e. The normalized spacial score (nSPS) is 21.1. The number of alkyl halides is 2. The lowest BCUT2D eigenvalue weighted by Crippen LogP contribution is -2.57. The van der Waals surface area contributed by atoms with Crippen LogP contribution in [0.4, 0.5) is 14.5 Å². The highest BCUT2D eigenvalue weighted by Crippen LogP contribution is 2.40. The second kappa shape index (κ2) is 8.14. The van der Waals surface area contributed by atoms with Gasteiger partial charge < -0.3 is 10.2 Å². The minimum absolute atomic E-state index is 0.178. The predicted molar refractivity (Wildman–Crippen MR) is 128 cm³/mol. The number of fused-ring (bicyclic) bond motifs is 2. The lowest BCUT2D eigenvalue weighted by Gasteiger charge is -2.39. The highest BCUT2D eigenvalue weighted by molar-refractivity contribution is 8.16. The molecule has 6 rings (SSSR count). The summed E-state index contributed by atoms with van der Waals surface area (Å²) in [7, 11) is 0. The van der Waals surface area contributed by atoms with Gasteiger partial charge in [-0.3, -0.25) is 19.7 Å². The van der Waals surface area contributed by atoms with Crippen LogP contribution in [0.3, 0.4) is 0 Å². The van der Waals surface area contributed by atoms with Gasteiger partial charge in [-0.25, -0.2) is 13.8 Å². The molecule has 1 unspecified atom stereocenters. The molecule has 10 heteroatoms. The number of hydrogen-bond donors (Lipinski definition) is 1. The van der Waals surface area contributed by atoms with Gasteiger partial charge in [-0.2, -0.15) is 0 Å². The summed E-state index contributed by atoms with van der Waals surface area (Å²) in [5.74, 6) is -2.92. The molecule has 0 spiro atoms. The zero-order valence-electron chi connectivity index (χ0n) is 18.0. The van der Waals surface area contributed by atoms with Gasteiger partial charge in [-0.1, -0.05) is 42.1 Å². The van der Waals surface area contributed by atoms with E-state index in [9.17, 15) is 13.6 Å². The molecule has 3 aliphatic rings. The van der Waals surface area contributed by atoms with Crippen LogP contribution < -0.4 is 5.32 Å². The van der Waals surface area contributed by atoms with Crippen LogP contribution in [-0.2, 0) is 0 Å². The molecular weight excluding hydrogens is 458 g/mol. The molecule has 7 nitrogen and oxygen atoms in total. The van der Waals surface area contributed by atoms with E-state index in [0.717, 1.165) is 21.9 Å². The van der Waals surface area contributed by atoms with Crippen molar-refractivity contribution in [3.05, 3.63) is 77.1 Å². The Balaban J connectivity index is 1.17. The van der Waals surface area contributed by atoms with E-state index in [1.165, 1.54) is 18.0 Å². The van der Waals surface area contributed by atoms with Gasteiger partial charge in [0.15, 0.2) is 5.17 Å². The highest BCUT2D eigenvalue weighted by Gasteiger charge is 2.45. The number of amidine groups is 1. The number of thioether (sulfide) groups is 1. The number of benzene rings is 2. The number of nitrogens with zero attached hydrogens (tertiary/aromatic N) is 5. The maximum atomic E-state index is 13.2. The Morgan fingerprint density at radius 3 is 2.71 bits per heavy atom. The first-order chi connectivity index (χ1) is 16.4. The Labute approximate surface area is 198 Å². The summed E-state index contributed by atoms with van der Waals surface area (Å²) in [5, 5.41) is 5.80. The van der Waals surface area contributed by atoms with E-state index in [1.54, 1.807) is 4.90 Å². The van der Waals surface area contributed by atoms with E-state index in [-0.39, 0.29) is 30.7 Å². The summed E-state index contributed by atoms with van der Waals surface area (Å²) >= 11 is 1.51. The van der Waals surface area contributed by atoms with Crippen molar-refractivity contribution in [2.45, 2.75) is 12.0 Å². The molecule has 0 aliphatic carbocycles. The predicted octanol–water partition coefficient (Wildman–Crippen LogP) is 4.13. The molecule has 172 valence electrons. The van der Waals surface area contributed by atoms with Gasteiger partial charge in [0.25, 0.3) is 11.8 Å². The molecule has 2 aromatic carbocycles. The molecule has 1 saturated heterocycles. The molecule has 0 radical (unpaired) electrons. The van der Waals surface area contributed by atoms with Gasteiger partial charge >= 0.3 is 0 Å². The van der Waals surface area contributed by atoms with Crippen molar-refractivity contribution in [2.24, 2.45) is 4.99 Å². The van der Waals surface area contributed by atoms with Gasteiger partial charge in [-0.05, 0) is 23.6 Å². The first kappa shape index (κ1) is 21.2. The molecular formula is C24H20F2N6OS. The zero-order chi connectivity index (χ0) is 23.3. The topological polar surface area (TPSA) is 73.7 Å². The fourth-order valence-electron chi connectivity index (χ4n) is 4.41. The third-order valence-corrected chi connectivity index (χ3v) is 6.97. The van der Waals surface area contributed by atoms with E-state index < -0.39 is 5.92 Å². The number of nitrogens with one attached hydrogen (secondary N) is 1. The second-order valence-corrected chi connectivity index (χ2v) is 9.39. The minimum atomic E-state index is -2.58. The Hall–Kier alpha value is -3.37. The molecule has 3 aromatic rings. The average molecular weight is 479 g/mol. The lowest BCUT2D eigenvalue weighted by atomic mass is 10.0. The van der Waals surface area contributed by atoms with Crippen LogP contribution in [0.2, 0.25) is 0 Å². The number of carbonyl (C=O) groups is 1. The maximum absolute atomic E-state index is 13.2. The lowest BCUT2D eigenvalue weighted by molar-refractivity contribution is -0.127. The zero-order valence-corrected chi connectivity index (χ0v) is 18.8. The van der Waals surface area contributed by atoms with Crippen molar-refractivity contribution in [3.63, 3.8) is 0 Å². The first-order valence-corrected chi connectivity index (χ1v) is 11.8. The van der Waals surface area contributed by atoms with Crippen molar-refractivity contribution in [1.29, 1.82) is 0 Å². The molecule has 34 heavy (non-hydrogen) atoms. The number of likely N-dealkylation sites (tertiary alicyclic amines) is 1. The molecule has 1 amide bonds. The number of para-hydroxylation sites is 3. The number of hydrogen-bond acceptors (Lipinski definition) is 7. The quantitative estimate of drug-likeness (QED) is 0.595. The van der Waals surface area contributed by atoms with Crippen LogP contribution in [0, 0.1) is 0 Å². The number of aliphatic imine (C=N–C) groups is 1. The van der Waals surface area contributed by atoms with Gasteiger partial charge in [-0.15, -0.1) is 0 Å². The summed E-state index contributed by atoms with van der Waals surface area (Å²) < 4.78 is 26.4. The Morgan fingerprint density at radius 2 is 1.88 bits per heavy atom. The van der Waals surface area contributed by atoms with Crippen molar-refractivity contribution in [1.82, 2.24) is 19.8 Å². The molecule has 1 aromatic heterocycles. The molecule has 0 saturated carbocycles. The van der Waals surface area contributed by atoms with Crippen molar-refractivity contribution >= 4 is 39.6 Å². The van der Waals surface area contributed by atoms with Gasteiger partial charge in [0.05, 0.1) is 42.9 Å². The fourth-order valence-corrected chi connectivity index (χ4v) is 5.36. The molecule has 0 bridgehead atoms. The number of anilines is 1. The summed E-state index contributed by atoms with van der Waals surface area (Å²) in [4.78, 5) is 30.4. The van der Waals surface area contributed by atoms with E-state index in [2.05, 4.69) is 20.2 Å².